The highest BCUT2D eigenvalue weighted by Gasteiger charge is 2.09. The van der Waals surface area contributed by atoms with Gasteiger partial charge < -0.3 is 9.84 Å². The van der Waals surface area contributed by atoms with Gasteiger partial charge >= 0.3 is 5.97 Å². The van der Waals surface area contributed by atoms with Gasteiger partial charge in [0.1, 0.15) is 6.10 Å². The molecule has 14 heavy (non-hydrogen) atoms. The van der Waals surface area contributed by atoms with Crippen molar-refractivity contribution < 1.29 is 14.6 Å². The zero-order valence-electron chi connectivity index (χ0n) is 8.62. The van der Waals surface area contributed by atoms with Gasteiger partial charge in [-0.15, -0.1) is 0 Å². The molecule has 0 aromatic carbocycles. The Morgan fingerprint density at radius 1 is 1.71 bits per heavy atom. The first-order chi connectivity index (χ1) is 6.59. The molecule has 1 aliphatic carbocycles. The SMILES string of the molecule is CC(=CC(C)OC1=CCCC1)C(=O)O. The Hall–Kier alpha value is -1.25. The molecule has 0 spiro atoms. The van der Waals surface area contributed by atoms with Crippen LogP contribution in [0, 0.1) is 0 Å². The molecule has 0 bridgehead atoms. The van der Waals surface area contributed by atoms with Gasteiger partial charge in [-0.05, 0) is 38.8 Å². The van der Waals surface area contributed by atoms with Crippen molar-refractivity contribution in [3.8, 4) is 0 Å². The number of allylic oxidation sites excluding steroid dienone is 2. The van der Waals surface area contributed by atoms with Gasteiger partial charge in [-0.1, -0.05) is 0 Å². The molecule has 1 atom stereocenters. The molecule has 1 rings (SSSR count). The molecule has 0 aliphatic heterocycles. The van der Waals surface area contributed by atoms with E-state index in [0.29, 0.717) is 5.57 Å². The van der Waals surface area contributed by atoms with Crippen LogP contribution in [0.5, 0.6) is 0 Å². The van der Waals surface area contributed by atoms with Crippen LogP contribution in [-0.4, -0.2) is 17.2 Å². The topological polar surface area (TPSA) is 46.5 Å². The maximum atomic E-state index is 10.5. The highest BCUT2D eigenvalue weighted by molar-refractivity contribution is 5.85. The lowest BCUT2D eigenvalue weighted by Crippen LogP contribution is -2.07. The van der Waals surface area contributed by atoms with Gasteiger partial charge in [-0.2, -0.15) is 0 Å². The van der Waals surface area contributed by atoms with Gasteiger partial charge in [0.25, 0.3) is 0 Å². The first kappa shape index (κ1) is 10.8. The summed E-state index contributed by atoms with van der Waals surface area (Å²) in [4.78, 5) is 10.5. The van der Waals surface area contributed by atoms with Gasteiger partial charge in [0, 0.05) is 12.0 Å². The molecule has 0 aromatic rings. The van der Waals surface area contributed by atoms with Crippen LogP contribution in [0.15, 0.2) is 23.5 Å². The molecular weight excluding hydrogens is 180 g/mol. The number of carboxylic acids is 1. The summed E-state index contributed by atoms with van der Waals surface area (Å²) in [6.07, 6.45) is 6.73. The molecule has 0 saturated carbocycles. The van der Waals surface area contributed by atoms with Crippen LogP contribution in [0.4, 0.5) is 0 Å². The summed E-state index contributed by atoms with van der Waals surface area (Å²) in [5.41, 5.74) is 0.330. The molecule has 1 unspecified atom stereocenters. The normalized spacial score (nSPS) is 19.0. The minimum atomic E-state index is -0.888. The van der Waals surface area contributed by atoms with E-state index in [0.717, 1.165) is 25.0 Å². The van der Waals surface area contributed by atoms with Crippen LogP contribution in [0.3, 0.4) is 0 Å². The third-order valence-corrected chi connectivity index (χ3v) is 2.16. The van der Waals surface area contributed by atoms with E-state index in [-0.39, 0.29) is 6.10 Å². The second-order valence-electron chi connectivity index (χ2n) is 3.54. The first-order valence-electron chi connectivity index (χ1n) is 4.87. The molecular formula is C11H16O3. The third-order valence-electron chi connectivity index (χ3n) is 2.16. The Morgan fingerprint density at radius 2 is 2.43 bits per heavy atom. The monoisotopic (exact) mass is 196 g/mol. The molecule has 3 nitrogen and oxygen atoms in total. The van der Waals surface area contributed by atoms with E-state index in [4.69, 9.17) is 9.84 Å². The van der Waals surface area contributed by atoms with Crippen LogP contribution < -0.4 is 0 Å². The van der Waals surface area contributed by atoms with Crippen LogP contribution in [-0.2, 0) is 9.53 Å². The van der Waals surface area contributed by atoms with Gasteiger partial charge in [0.15, 0.2) is 0 Å². The molecule has 3 heteroatoms. The number of carboxylic acid groups (broad SMARTS) is 1. The number of hydrogen-bond donors (Lipinski definition) is 1. The Kier molecular flexibility index (Phi) is 3.74. The standard InChI is InChI=1S/C11H16O3/c1-8(11(12)13)7-9(2)14-10-5-3-4-6-10/h5,7,9H,3-4,6H2,1-2H3,(H,12,13). The van der Waals surface area contributed by atoms with E-state index in [9.17, 15) is 4.79 Å². The Morgan fingerprint density at radius 3 is 2.93 bits per heavy atom. The van der Waals surface area contributed by atoms with Gasteiger partial charge in [-0.25, -0.2) is 4.79 Å². The molecule has 0 aromatic heterocycles. The summed E-state index contributed by atoms with van der Waals surface area (Å²) in [7, 11) is 0. The summed E-state index contributed by atoms with van der Waals surface area (Å²) in [5, 5.41) is 8.65. The highest BCUT2D eigenvalue weighted by Crippen LogP contribution is 2.20. The number of hydrogen-bond acceptors (Lipinski definition) is 2. The van der Waals surface area contributed by atoms with E-state index in [2.05, 4.69) is 6.08 Å². The van der Waals surface area contributed by atoms with Crippen LogP contribution in [0.25, 0.3) is 0 Å². The lowest BCUT2D eigenvalue weighted by Gasteiger charge is -2.12. The molecule has 0 radical (unpaired) electrons. The highest BCUT2D eigenvalue weighted by atomic mass is 16.5. The maximum Gasteiger partial charge on any atom is 0.331 e. The second-order valence-corrected chi connectivity index (χ2v) is 3.54. The predicted octanol–water partition coefficient (Wildman–Crippen LogP) is 2.49. The summed E-state index contributed by atoms with van der Waals surface area (Å²) in [6, 6.07) is 0. The van der Waals surface area contributed by atoms with Crippen molar-refractivity contribution >= 4 is 5.97 Å². The lowest BCUT2D eigenvalue weighted by molar-refractivity contribution is -0.132. The summed E-state index contributed by atoms with van der Waals surface area (Å²) < 4.78 is 5.55. The molecule has 0 saturated heterocycles. The lowest BCUT2D eigenvalue weighted by atomic mass is 10.2. The predicted molar refractivity (Wildman–Crippen MR) is 53.9 cm³/mol. The van der Waals surface area contributed by atoms with Gasteiger partial charge in [-0.3, -0.25) is 0 Å². The number of carbonyl (C=O) groups is 1. The first-order valence-corrected chi connectivity index (χ1v) is 4.87. The Bertz CT molecular complexity index is 276. The zero-order chi connectivity index (χ0) is 10.6. The number of aliphatic carboxylic acids is 1. The molecule has 1 N–H and O–H groups in total. The quantitative estimate of drug-likeness (QED) is 0.703. The Balaban J connectivity index is 2.45. The fourth-order valence-electron chi connectivity index (χ4n) is 1.44. The fourth-order valence-corrected chi connectivity index (χ4v) is 1.44. The smallest absolute Gasteiger partial charge is 0.331 e. The molecule has 0 amide bonds. The van der Waals surface area contributed by atoms with Crippen molar-refractivity contribution in [1.29, 1.82) is 0 Å². The second kappa shape index (κ2) is 4.84. The average molecular weight is 196 g/mol. The van der Waals surface area contributed by atoms with Crippen molar-refractivity contribution in [3.05, 3.63) is 23.5 Å². The summed E-state index contributed by atoms with van der Waals surface area (Å²) >= 11 is 0. The van der Waals surface area contributed by atoms with Crippen molar-refractivity contribution in [2.45, 2.75) is 39.2 Å². The largest absolute Gasteiger partial charge is 0.491 e. The summed E-state index contributed by atoms with van der Waals surface area (Å²) in [5.74, 6) is 0.104. The third kappa shape index (κ3) is 3.24. The molecule has 0 fully saturated rings. The minimum absolute atomic E-state index is 0.157. The van der Waals surface area contributed by atoms with E-state index in [1.807, 2.05) is 6.92 Å². The minimum Gasteiger partial charge on any atom is -0.491 e. The van der Waals surface area contributed by atoms with Crippen molar-refractivity contribution in [2.75, 3.05) is 0 Å². The van der Waals surface area contributed by atoms with E-state index in [1.54, 1.807) is 13.0 Å². The van der Waals surface area contributed by atoms with E-state index < -0.39 is 5.97 Å². The van der Waals surface area contributed by atoms with Gasteiger partial charge in [0.05, 0.1) is 5.76 Å². The van der Waals surface area contributed by atoms with Crippen molar-refractivity contribution in [3.63, 3.8) is 0 Å². The Labute approximate surface area is 84.1 Å². The fraction of sp³-hybridized carbons (Fsp3) is 0.545. The van der Waals surface area contributed by atoms with E-state index in [1.165, 1.54) is 0 Å². The maximum absolute atomic E-state index is 10.5. The molecule has 0 heterocycles. The van der Waals surface area contributed by atoms with Crippen LogP contribution in [0.2, 0.25) is 0 Å². The molecule has 1 aliphatic rings. The van der Waals surface area contributed by atoms with Crippen molar-refractivity contribution in [2.24, 2.45) is 0 Å². The van der Waals surface area contributed by atoms with Crippen molar-refractivity contribution in [1.82, 2.24) is 0 Å². The number of ether oxygens (including phenoxy) is 1. The van der Waals surface area contributed by atoms with E-state index >= 15 is 0 Å². The molecule has 78 valence electrons. The average Bonchev–Trinajstić information content (AvgIpc) is 2.56. The summed E-state index contributed by atoms with van der Waals surface area (Å²) in [6.45, 7) is 3.43. The van der Waals surface area contributed by atoms with Crippen LogP contribution >= 0.6 is 0 Å². The van der Waals surface area contributed by atoms with Crippen LogP contribution in [0.1, 0.15) is 33.1 Å². The zero-order valence-corrected chi connectivity index (χ0v) is 8.62. The van der Waals surface area contributed by atoms with Gasteiger partial charge in [0.2, 0.25) is 0 Å². The number of rotatable bonds is 4.